The SMILES string of the molecule is CN(N)c1ccsc1COc1ccn(-c2ccc(Cl)cc2)n1. The van der Waals surface area contributed by atoms with Crippen molar-refractivity contribution in [1.82, 2.24) is 9.78 Å². The molecule has 0 aliphatic carbocycles. The predicted molar refractivity (Wildman–Crippen MR) is 89.8 cm³/mol. The number of halogens is 1. The first kappa shape index (κ1) is 14.9. The molecule has 2 N–H and O–H groups in total. The zero-order valence-corrected chi connectivity index (χ0v) is 13.5. The van der Waals surface area contributed by atoms with Gasteiger partial charge in [-0.1, -0.05) is 11.6 Å². The lowest BCUT2D eigenvalue weighted by Gasteiger charge is -2.12. The van der Waals surface area contributed by atoms with Crippen LogP contribution in [0.5, 0.6) is 5.88 Å². The van der Waals surface area contributed by atoms with Crippen LogP contribution in [0.15, 0.2) is 48.0 Å². The van der Waals surface area contributed by atoms with Gasteiger partial charge in [0.25, 0.3) is 0 Å². The fourth-order valence-corrected chi connectivity index (χ4v) is 2.96. The van der Waals surface area contributed by atoms with Gasteiger partial charge < -0.3 is 9.75 Å². The van der Waals surface area contributed by atoms with Gasteiger partial charge in [0, 0.05) is 24.3 Å². The quantitative estimate of drug-likeness (QED) is 0.573. The first-order chi connectivity index (χ1) is 10.6. The van der Waals surface area contributed by atoms with Gasteiger partial charge in [0.15, 0.2) is 0 Å². The van der Waals surface area contributed by atoms with Gasteiger partial charge in [0.2, 0.25) is 5.88 Å². The molecule has 114 valence electrons. The molecule has 0 fully saturated rings. The molecule has 0 aliphatic rings. The zero-order valence-electron chi connectivity index (χ0n) is 11.9. The number of nitrogens with zero attached hydrogens (tertiary/aromatic N) is 3. The monoisotopic (exact) mass is 334 g/mol. The molecule has 0 bridgehead atoms. The molecule has 0 spiro atoms. The van der Waals surface area contributed by atoms with Crippen LogP contribution in [0.3, 0.4) is 0 Å². The molecule has 0 atom stereocenters. The molecule has 1 aromatic carbocycles. The number of benzene rings is 1. The van der Waals surface area contributed by atoms with Crippen molar-refractivity contribution in [3.05, 3.63) is 57.9 Å². The summed E-state index contributed by atoms with van der Waals surface area (Å²) in [5.74, 6) is 6.34. The van der Waals surface area contributed by atoms with Crippen molar-refractivity contribution in [3.63, 3.8) is 0 Å². The van der Waals surface area contributed by atoms with Crippen LogP contribution in [0.4, 0.5) is 5.69 Å². The minimum Gasteiger partial charge on any atom is -0.471 e. The van der Waals surface area contributed by atoms with Crippen LogP contribution in [0.2, 0.25) is 5.02 Å². The molecule has 2 heterocycles. The van der Waals surface area contributed by atoms with Crippen LogP contribution in [-0.4, -0.2) is 16.8 Å². The molecule has 22 heavy (non-hydrogen) atoms. The highest BCUT2D eigenvalue weighted by molar-refractivity contribution is 7.10. The van der Waals surface area contributed by atoms with Crippen molar-refractivity contribution < 1.29 is 4.74 Å². The third-order valence-corrected chi connectivity index (χ3v) is 4.24. The van der Waals surface area contributed by atoms with E-state index in [9.17, 15) is 0 Å². The first-order valence-electron chi connectivity index (χ1n) is 6.62. The van der Waals surface area contributed by atoms with Crippen LogP contribution in [0.25, 0.3) is 5.69 Å². The van der Waals surface area contributed by atoms with E-state index < -0.39 is 0 Å². The van der Waals surface area contributed by atoms with Crippen molar-refractivity contribution in [2.45, 2.75) is 6.61 Å². The maximum atomic E-state index is 5.88. The second-order valence-corrected chi connectivity index (χ2v) is 6.14. The Kier molecular flexibility index (Phi) is 4.33. The molecule has 3 rings (SSSR count). The van der Waals surface area contributed by atoms with Crippen molar-refractivity contribution >= 4 is 28.6 Å². The van der Waals surface area contributed by atoms with E-state index in [0.29, 0.717) is 17.5 Å². The van der Waals surface area contributed by atoms with E-state index in [1.807, 2.05) is 48.0 Å². The molecule has 0 unspecified atom stereocenters. The van der Waals surface area contributed by atoms with E-state index in [-0.39, 0.29) is 0 Å². The highest BCUT2D eigenvalue weighted by atomic mass is 35.5. The Labute approximate surface area is 137 Å². The average molecular weight is 335 g/mol. The zero-order chi connectivity index (χ0) is 15.5. The number of hydrogen-bond donors (Lipinski definition) is 1. The van der Waals surface area contributed by atoms with E-state index >= 15 is 0 Å². The molecule has 0 radical (unpaired) electrons. The van der Waals surface area contributed by atoms with Gasteiger partial charge in [-0.2, -0.15) is 0 Å². The summed E-state index contributed by atoms with van der Waals surface area (Å²) in [7, 11) is 1.81. The molecule has 0 saturated carbocycles. The number of aromatic nitrogens is 2. The van der Waals surface area contributed by atoms with Gasteiger partial charge >= 0.3 is 0 Å². The molecule has 5 nitrogen and oxygen atoms in total. The van der Waals surface area contributed by atoms with Crippen LogP contribution < -0.4 is 15.6 Å². The lowest BCUT2D eigenvalue weighted by Crippen LogP contribution is -2.25. The van der Waals surface area contributed by atoms with E-state index in [4.69, 9.17) is 22.2 Å². The van der Waals surface area contributed by atoms with Gasteiger partial charge in [-0.3, -0.25) is 0 Å². The average Bonchev–Trinajstić information content (AvgIpc) is 3.15. The molecular weight excluding hydrogens is 320 g/mol. The van der Waals surface area contributed by atoms with Crippen molar-refractivity contribution in [3.8, 4) is 11.6 Å². The van der Waals surface area contributed by atoms with Crippen molar-refractivity contribution in [2.75, 3.05) is 12.1 Å². The smallest absolute Gasteiger partial charge is 0.233 e. The van der Waals surface area contributed by atoms with Crippen molar-refractivity contribution in [1.29, 1.82) is 0 Å². The second-order valence-electron chi connectivity index (χ2n) is 4.70. The van der Waals surface area contributed by atoms with Crippen LogP contribution in [0.1, 0.15) is 4.88 Å². The molecular formula is C15H15ClN4OS. The number of anilines is 1. The molecule has 0 saturated heterocycles. The maximum absolute atomic E-state index is 5.88. The number of rotatable bonds is 5. The van der Waals surface area contributed by atoms with Crippen LogP contribution in [0, 0.1) is 0 Å². The Morgan fingerprint density at radius 2 is 2.05 bits per heavy atom. The van der Waals surface area contributed by atoms with Gasteiger partial charge in [-0.05, 0) is 35.7 Å². The number of ether oxygens (including phenoxy) is 1. The number of hydrazine groups is 1. The molecule has 0 amide bonds. The topological polar surface area (TPSA) is 56.3 Å². The fraction of sp³-hybridized carbons (Fsp3) is 0.133. The highest BCUT2D eigenvalue weighted by Gasteiger charge is 2.09. The molecule has 3 aromatic rings. The van der Waals surface area contributed by atoms with Crippen molar-refractivity contribution in [2.24, 2.45) is 5.84 Å². The summed E-state index contributed by atoms with van der Waals surface area (Å²) >= 11 is 7.49. The Bertz CT molecular complexity index is 751. The van der Waals surface area contributed by atoms with Gasteiger partial charge in [-0.15, -0.1) is 16.4 Å². The minimum atomic E-state index is 0.437. The third-order valence-electron chi connectivity index (χ3n) is 3.11. The van der Waals surface area contributed by atoms with Gasteiger partial charge in [0.05, 0.1) is 16.3 Å². The summed E-state index contributed by atoms with van der Waals surface area (Å²) < 4.78 is 7.48. The molecule has 2 aromatic heterocycles. The normalized spacial score (nSPS) is 10.7. The summed E-state index contributed by atoms with van der Waals surface area (Å²) in [5, 5.41) is 8.67. The predicted octanol–water partition coefficient (Wildman–Crippen LogP) is 3.48. The Balaban J connectivity index is 1.69. The lowest BCUT2D eigenvalue weighted by atomic mass is 10.3. The summed E-state index contributed by atoms with van der Waals surface area (Å²) in [6, 6.07) is 11.3. The van der Waals surface area contributed by atoms with E-state index in [1.165, 1.54) is 0 Å². The fourth-order valence-electron chi connectivity index (χ4n) is 2.02. The van der Waals surface area contributed by atoms with Crippen LogP contribution >= 0.6 is 22.9 Å². The van der Waals surface area contributed by atoms with Crippen LogP contribution in [-0.2, 0) is 6.61 Å². The molecule has 0 aliphatic heterocycles. The Hall–Kier alpha value is -2.02. The molecule has 7 heteroatoms. The van der Waals surface area contributed by atoms with Gasteiger partial charge in [0.1, 0.15) is 6.61 Å². The summed E-state index contributed by atoms with van der Waals surface area (Å²) in [6.07, 6.45) is 1.85. The lowest BCUT2D eigenvalue weighted by molar-refractivity contribution is 0.295. The highest BCUT2D eigenvalue weighted by Crippen LogP contribution is 2.25. The first-order valence-corrected chi connectivity index (χ1v) is 7.88. The van der Waals surface area contributed by atoms with E-state index in [0.717, 1.165) is 16.3 Å². The number of hydrogen-bond acceptors (Lipinski definition) is 5. The third kappa shape index (κ3) is 3.24. The van der Waals surface area contributed by atoms with E-state index in [2.05, 4.69) is 5.10 Å². The largest absolute Gasteiger partial charge is 0.471 e. The summed E-state index contributed by atoms with van der Waals surface area (Å²) in [4.78, 5) is 1.06. The number of nitrogens with two attached hydrogens (primary N) is 1. The van der Waals surface area contributed by atoms with E-state index in [1.54, 1.807) is 28.1 Å². The summed E-state index contributed by atoms with van der Waals surface area (Å²) in [6.45, 7) is 0.437. The number of thiophene rings is 1. The maximum Gasteiger partial charge on any atom is 0.233 e. The second kappa shape index (κ2) is 6.39. The standard InChI is InChI=1S/C15H15ClN4OS/c1-19(17)13-7-9-22-14(13)10-21-15-6-8-20(18-15)12-4-2-11(16)3-5-12/h2-9H,10,17H2,1H3. The minimum absolute atomic E-state index is 0.437. The van der Waals surface area contributed by atoms with Gasteiger partial charge in [-0.25, -0.2) is 10.5 Å². The Morgan fingerprint density at radius 3 is 2.77 bits per heavy atom. The Morgan fingerprint density at radius 1 is 1.27 bits per heavy atom. The summed E-state index contributed by atoms with van der Waals surface area (Å²) in [5.41, 5.74) is 1.89.